The second-order valence-electron chi connectivity index (χ2n) is 3.02. The van der Waals surface area contributed by atoms with Crippen LogP contribution in [0.15, 0.2) is 28.6 Å². The summed E-state index contributed by atoms with van der Waals surface area (Å²) in [6, 6.07) is 3.08. The lowest BCUT2D eigenvalue weighted by atomic mass is 10.3. The van der Waals surface area contributed by atoms with Crippen LogP contribution in [0.25, 0.3) is 0 Å². The number of aromatic carboxylic acids is 1. The molecule has 0 aliphatic rings. The van der Waals surface area contributed by atoms with Gasteiger partial charge in [-0.2, -0.15) is 5.11 Å². The van der Waals surface area contributed by atoms with E-state index in [1.807, 2.05) is 13.8 Å². The fourth-order valence-electron chi connectivity index (χ4n) is 0.746. The van der Waals surface area contributed by atoms with Gasteiger partial charge >= 0.3 is 5.97 Å². The van der Waals surface area contributed by atoms with Gasteiger partial charge in [0.15, 0.2) is 5.82 Å². The zero-order valence-corrected chi connectivity index (χ0v) is 8.01. The number of carboxylic acid groups (broad SMARTS) is 1. The van der Waals surface area contributed by atoms with E-state index in [1.165, 1.54) is 18.3 Å². The smallest absolute Gasteiger partial charge is 0.337 e. The second-order valence-corrected chi connectivity index (χ2v) is 3.02. The minimum Gasteiger partial charge on any atom is -0.478 e. The van der Waals surface area contributed by atoms with Gasteiger partial charge in [0.1, 0.15) is 0 Å². The number of aromatic nitrogens is 1. The van der Waals surface area contributed by atoms with E-state index in [1.54, 1.807) is 0 Å². The Hall–Kier alpha value is -1.78. The first-order valence-corrected chi connectivity index (χ1v) is 4.20. The lowest BCUT2D eigenvalue weighted by Gasteiger charge is -1.95. The third-order valence-corrected chi connectivity index (χ3v) is 1.39. The normalized spacial score (nSPS) is 11.1. The Balaban J connectivity index is 2.78. The van der Waals surface area contributed by atoms with E-state index in [2.05, 4.69) is 15.2 Å². The summed E-state index contributed by atoms with van der Waals surface area (Å²) in [7, 11) is 0. The van der Waals surface area contributed by atoms with Crippen molar-refractivity contribution in [1.82, 2.24) is 4.98 Å². The first-order chi connectivity index (χ1) is 6.59. The lowest BCUT2D eigenvalue weighted by Crippen LogP contribution is -1.95. The third-order valence-electron chi connectivity index (χ3n) is 1.39. The maximum absolute atomic E-state index is 10.5. The van der Waals surface area contributed by atoms with Crippen molar-refractivity contribution in [2.45, 2.75) is 19.9 Å². The summed E-state index contributed by atoms with van der Waals surface area (Å²) in [5, 5.41) is 16.3. The van der Waals surface area contributed by atoms with Crippen LogP contribution in [-0.4, -0.2) is 22.1 Å². The van der Waals surface area contributed by atoms with Crippen molar-refractivity contribution in [1.29, 1.82) is 0 Å². The number of carboxylic acids is 1. The Bertz CT molecular complexity index is 344. The molecule has 0 saturated carbocycles. The van der Waals surface area contributed by atoms with Gasteiger partial charge in [0.05, 0.1) is 11.6 Å². The standard InChI is InChI=1S/C9H11N3O2/c1-6(2)11-12-8-4-3-7(5-10-8)9(13)14/h3-6H,1-2H3,(H,13,14). The highest BCUT2D eigenvalue weighted by Crippen LogP contribution is 2.09. The molecule has 1 heterocycles. The van der Waals surface area contributed by atoms with Gasteiger partial charge in [-0.15, -0.1) is 5.11 Å². The predicted molar refractivity (Wildman–Crippen MR) is 50.8 cm³/mol. The number of carbonyl (C=O) groups is 1. The summed E-state index contributed by atoms with van der Waals surface area (Å²) in [6.07, 6.45) is 1.26. The third kappa shape index (κ3) is 2.93. The molecule has 0 unspecified atom stereocenters. The fraction of sp³-hybridized carbons (Fsp3) is 0.333. The van der Waals surface area contributed by atoms with E-state index in [4.69, 9.17) is 5.11 Å². The van der Waals surface area contributed by atoms with Crippen LogP contribution in [0.1, 0.15) is 24.2 Å². The number of hydrogen-bond acceptors (Lipinski definition) is 4. The number of rotatable bonds is 3. The molecule has 0 fully saturated rings. The van der Waals surface area contributed by atoms with Crippen molar-refractivity contribution in [3.8, 4) is 0 Å². The van der Waals surface area contributed by atoms with Crippen molar-refractivity contribution in [2.24, 2.45) is 10.2 Å². The summed E-state index contributed by atoms with van der Waals surface area (Å²) >= 11 is 0. The summed E-state index contributed by atoms with van der Waals surface area (Å²) in [4.78, 5) is 14.3. The van der Waals surface area contributed by atoms with Gasteiger partial charge in [-0.1, -0.05) is 0 Å². The van der Waals surface area contributed by atoms with Crippen LogP contribution in [-0.2, 0) is 0 Å². The average molecular weight is 193 g/mol. The molecule has 0 saturated heterocycles. The molecule has 5 heteroatoms. The van der Waals surface area contributed by atoms with Crippen LogP contribution in [0, 0.1) is 0 Å². The molecule has 0 aliphatic heterocycles. The highest BCUT2D eigenvalue weighted by atomic mass is 16.4. The molecule has 0 aromatic carbocycles. The van der Waals surface area contributed by atoms with E-state index in [9.17, 15) is 4.79 Å². The van der Waals surface area contributed by atoms with Crippen molar-refractivity contribution in [3.05, 3.63) is 23.9 Å². The first kappa shape index (κ1) is 10.3. The molecule has 1 N–H and O–H groups in total. The summed E-state index contributed by atoms with van der Waals surface area (Å²) in [5.74, 6) is -0.575. The summed E-state index contributed by atoms with van der Waals surface area (Å²) in [6.45, 7) is 3.80. The molecule has 1 rings (SSSR count). The maximum Gasteiger partial charge on any atom is 0.337 e. The van der Waals surface area contributed by atoms with E-state index < -0.39 is 5.97 Å². The van der Waals surface area contributed by atoms with Crippen LogP contribution >= 0.6 is 0 Å². The minimum absolute atomic E-state index is 0.107. The summed E-state index contributed by atoms with van der Waals surface area (Å²) in [5.41, 5.74) is 0.147. The molecular formula is C9H11N3O2. The van der Waals surface area contributed by atoms with E-state index in [0.717, 1.165) is 0 Å². The highest BCUT2D eigenvalue weighted by molar-refractivity contribution is 5.87. The average Bonchev–Trinajstić information content (AvgIpc) is 2.15. The molecule has 0 amide bonds. The second kappa shape index (κ2) is 4.45. The molecule has 5 nitrogen and oxygen atoms in total. The zero-order chi connectivity index (χ0) is 10.6. The van der Waals surface area contributed by atoms with Gasteiger partial charge in [0.25, 0.3) is 0 Å². The van der Waals surface area contributed by atoms with Crippen LogP contribution in [0.3, 0.4) is 0 Å². The highest BCUT2D eigenvalue weighted by Gasteiger charge is 2.01. The number of hydrogen-bond donors (Lipinski definition) is 1. The van der Waals surface area contributed by atoms with Crippen LogP contribution < -0.4 is 0 Å². The molecule has 0 bridgehead atoms. The molecule has 0 atom stereocenters. The minimum atomic E-state index is -0.996. The topological polar surface area (TPSA) is 74.9 Å². The molecule has 1 aromatic rings. The zero-order valence-electron chi connectivity index (χ0n) is 8.01. The molecule has 1 aromatic heterocycles. The Morgan fingerprint density at radius 2 is 2.21 bits per heavy atom. The Labute approximate surface area is 81.5 Å². The van der Waals surface area contributed by atoms with Crippen molar-refractivity contribution in [2.75, 3.05) is 0 Å². The number of pyridine rings is 1. The van der Waals surface area contributed by atoms with Gasteiger partial charge in [-0.05, 0) is 26.0 Å². The predicted octanol–water partition coefficient (Wildman–Crippen LogP) is 2.27. The quantitative estimate of drug-likeness (QED) is 0.748. The van der Waals surface area contributed by atoms with E-state index >= 15 is 0 Å². The Morgan fingerprint density at radius 3 is 2.64 bits per heavy atom. The van der Waals surface area contributed by atoms with Crippen LogP contribution in [0.2, 0.25) is 0 Å². The van der Waals surface area contributed by atoms with Crippen LogP contribution in [0.4, 0.5) is 5.82 Å². The van der Waals surface area contributed by atoms with Gasteiger partial charge in [-0.3, -0.25) is 0 Å². The molecular weight excluding hydrogens is 182 g/mol. The summed E-state index contributed by atoms with van der Waals surface area (Å²) < 4.78 is 0. The van der Waals surface area contributed by atoms with Gasteiger partial charge < -0.3 is 5.11 Å². The monoisotopic (exact) mass is 193 g/mol. The van der Waals surface area contributed by atoms with Crippen molar-refractivity contribution >= 4 is 11.8 Å². The maximum atomic E-state index is 10.5. The fourth-order valence-corrected chi connectivity index (χ4v) is 0.746. The van der Waals surface area contributed by atoms with Crippen LogP contribution in [0.5, 0.6) is 0 Å². The SMILES string of the molecule is CC(C)N=Nc1ccc(C(=O)O)cn1. The lowest BCUT2D eigenvalue weighted by molar-refractivity contribution is 0.0696. The molecule has 14 heavy (non-hydrogen) atoms. The largest absolute Gasteiger partial charge is 0.478 e. The first-order valence-electron chi connectivity index (χ1n) is 4.20. The van der Waals surface area contributed by atoms with Gasteiger partial charge in [0, 0.05) is 6.20 Å². The Morgan fingerprint density at radius 1 is 1.50 bits per heavy atom. The molecule has 0 spiro atoms. The Kier molecular flexibility index (Phi) is 3.28. The van der Waals surface area contributed by atoms with Gasteiger partial charge in [0.2, 0.25) is 0 Å². The van der Waals surface area contributed by atoms with E-state index in [0.29, 0.717) is 5.82 Å². The van der Waals surface area contributed by atoms with Crippen molar-refractivity contribution < 1.29 is 9.90 Å². The molecule has 0 aliphatic carbocycles. The number of nitrogens with zero attached hydrogens (tertiary/aromatic N) is 3. The van der Waals surface area contributed by atoms with Gasteiger partial charge in [-0.25, -0.2) is 9.78 Å². The molecule has 74 valence electrons. The number of azo groups is 1. The van der Waals surface area contributed by atoms with Crippen molar-refractivity contribution in [3.63, 3.8) is 0 Å². The molecule has 0 radical (unpaired) electrons. The van der Waals surface area contributed by atoms with E-state index in [-0.39, 0.29) is 11.6 Å².